The molecule has 0 saturated carbocycles. The lowest BCUT2D eigenvalue weighted by atomic mass is 9.95. The van der Waals surface area contributed by atoms with E-state index < -0.39 is 6.10 Å². The van der Waals surface area contributed by atoms with Crippen molar-refractivity contribution in [2.45, 2.75) is 45.9 Å². The molecule has 29 heavy (non-hydrogen) atoms. The van der Waals surface area contributed by atoms with E-state index >= 15 is 0 Å². The smallest absolute Gasteiger partial charge is 0.249 e. The van der Waals surface area contributed by atoms with E-state index in [2.05, 4.69) is 15.1 Å². The van der Waals surface area contributed by atoms with Crippen molar-refractivity contribution in [1.82, 2.24) is 24.6 Å². The number of aryl methyl sites for hydroxylation is 2. The Morgan fingerprint density at radius 1 is 1.14 bits per heavy atom. The minimum absolute atomic E-state index is 0.0132. The van der Waals surface area contributed by atoms with Gasteiger partial charge in [-0.05, 0) is 51.0 Å². The van der Waals surface area contributed by atoms with E-state index in [0.717, 1.165) is 11.1 Å². The predicted octanol–water partition coefficient (Wildman–Crippen LogP) is 3.33. The molecule has 1 saturated heterocycles. The number of hydrogen-bond acceptors (Lipinski definition) is 5. The zero-order valence-corrected chi connectivity index (χ0v) is 17.1. The van der Waals surface area contributed by atoms with Crippen LogP contribution in [0.3, 0.4) is 0 Å². The molecular formula is C22H25N5O2. The van der Waals surface area contributed by atoms with Crippen LogP contribution in [0.25, 0.3) is 5.82 Å². The lowest BCUT2D eigenvalue weighted by molar-refractivity contribution is -0.162. The summed E-state index contributed by atoms with van der Waals surface area (Å²) in [4.78, 5) is 23.8. The highest BCUT2D eigenvalue weighted by molar-refractivity contribution is 5.79. The molecule has 2 atom stereocenters. The van der Waals surface area contributed by atoms with Crippen LogP contribution < -0.4 is 0 Å². The summed E-state index contributed by atoms with van der Waals surface area (Å²) in [6.45, 7) is 7.92. The number of carbonyl (C=O) groups is 1. The third-order valence-corrected chi connectivity index (χ3v) is 5.07. The Labute approximate surface area is 170 Å². The first kappa shape index (κ1) is 19.3. The highest BCUT2D eigenvalue weighted by atomic mass is 16.5. The largest absolute Gasteiger partial charge is 0.358 e. The molecule has 1 amide bonds. The molecule has 0 bridgehead atoms. The average Bonchev–Trinajstić information content (AvgIpc) is 3.09. The van der Waals surface area contributed by atoms with Crippen molar-refractivity contribution in [3.05, 3.63) is 71.4 Å². The summed E-state index contributed by atoms with van der Waals surface area (Å²) in [5, 5.41) is 4.57. The maximum atomic E-state index is 12.7. The van der Waals surface area contributed by atoms with Crippen molar-refractivity contribution in [3.63, 3.8) is 0 Å². The zero-order chi connectivity index (χ0) is 20.5. The van der Waals surface area contributed by atoms with E-state index in [1.54, 1.807) is 10.9 Å². The molecule has 3 aromatic rings. The maximum Gasteiger partial charge on any atom is 0.249 e. The highest BCUT2D eigenvalue weighted by Crippen LogP contribution is 2.40. The van der Waals surface area contributed by atoms with Gasteiger partial charge in [0.05, 0.1) is 6.04 Å². The first-order chi connectivity index (χ1) is 14.0. The molecule has 7 nitrogen and oxygen atoms in total. The van der Waals surface area contributed by atoms with Crippen molar-refractivity contribution in [2.24, 2.45) is 0 Å². The summed E-state index contributed by atoms with van der Waals surface area (Å²) in [7, 11) is 0. The second-order valence-corrected chi connectivity index (χ2v) is 7.60. The van der Waals surface area contributed by atoms with Gasteiger partial charge in [0.1, 0.15) is 18.5 Å². The number of ether oxygens (including phenoxy) is 1. The maximum absolute atomic E-state index is 12.7. The van der Waals surface area contributed by atoms with E-state index in [1.807, 2.05) is 75.1 Å². The summed E-state index contributed by atoms with van der Waals surface area (Å²) in [6.07, 6.45) is 1.30. The summed E-state index contributed by atoms with van der Waals surface area (Å²) in [5.74, 6) is 1.94. The number of hydrogen-bond donors (Lipinski definition) is 0. The van der Waals surface area contributed by atoms with E-state index in [0.29, 0.717) is 17.5 Å². The second-order valence-electron chi connectivity index (χ2n) is 7.60. The Hall–Kier alpha value is -3.06. The molecule has 0 aliphatic carbocycles. The van der Waals surface area contributed by atoms with Gasteiger partial charge in [-0.1, -0.05) is 30.3 Å². The number of rotatable bonds is 4. The molecular weight excluding hydrogens is 366 g/mol. The monoisotopic (exact) mass is 391 g/mol. The summed E-state index contributed by atoms with van der Waals surface area (Å²) < 4.78 is 7.82. The van der Waals surface area contributed by atoms with Gasteiger partial charge in [-0.25, -0.2) is 9.97 Å². The number of amides is 1. The molecule has 1 fully saturated rings. The van der Waals surface area contributed by atoms with Gasteiger partial charge in [0.25, 0.3) is 0 Å². The number of morpholine rings is 1. The topological polar surface area (TPSA) is 73.1 Å². The molecule has 1 aliphatic rings. The molecule has 1 aromatic carbocycles. The van der Waals surface area contributed by atoms with Crippen LogP contribution in [0.5, 0.6) is 0 Å². The van der Waals surface area contributed by atoms with Crippen LogP contribution in [-0.4, -0.2) is 43.2 Å². The Bertz CT molecular complexity index is 1020. The Balaban J connectivity index is 1.86. The molecule has 3 heterocycles. The highest BCUT2D eigenvalue weighted by Gasteiger charge is 2.42. The third-order valence-electron chi connectivity index (χ3n) is 5.07. The van der Waals surface area contributed by atoms with Crippen LogP contribution in [0.1, 0.15) is 48.8 Å². The minimum Gasteiger partial charge on any atom is -0.358 e. The Morgan fingerprint density at radius 3 is 2.59 bits per heavy atom. The molecule has 7 heteroatoms. The number of carbonyl (C=O) groups excluding carboxylic acids is 1. The summed E-state index contributed by atoms with van der Waals surface area (Å²) >= 11 is 0. The van der Waals surface area contributed by atoms with Gasteiger partial charge in [0, 0.05) is 12.2 Å². The Kier molecular flexibility index (Phi) is 5.15. The molecule has 4 rings (SSSR count). The van der Waals surface area contributed by atoms with Crippen LogP contribution >= 0.6 is 0 Å². The molecule has 1 aliphatic heterocycles. The molecule has 0 spiro atoms. The van der Waals surface area contributed by atoms with Crippen LogP contribution in [-0.2, 0) is 9.53 Å². The first-order valence-corrected chi connectivity index (χ1v) is 9.80. The minimum atomic E-state index is -0.457. The van der Waals surface area contributed by atoms with Crippen molar-refractivity contribution in [2.75, 3.05) is 6.61 Å². The molecule has 150 valence electrons. The van der Waals surface area contributed by atoms with Crippen molar-refractivity contribution >= 4 is 5.91 Å². The van der Waals surface area contributed by atoms with Gasteiger partial charge >= 0.3 is 0 Å². The molecule has 0 radical (unpaired) electrons. The lowest BCUT2D eigenvalue weighted by Crippen LogP contribution is -2.49. The van der Waals surface area contributed by atoms with E-state index in [9.17, 15) is 4.79 Å². The van der Waals surface area contributed by atoms with Crippen LogP contribution in [0.4, 0.5) is 0 Å². The van der Waals surface area contributed by atoms with Crippen LogP contribution in [0.2, 0.25) is 0 Å². The van der Waals surface area contributed by atoms with Gasteiger partial charge in [0.15, 0.2) is 11.6 Å². The zero-order valence-electron chi connectivity index (χ0n) is 17.1. The SMILES string of the molecule is Cc1ccnc(-n2nc(C)nc2[C@H]2OCC(=O)N(C(C)C)[C@@H]2c2ccccc2)c1. The van der Waals surface area contributed by atoms with Gasteiger partial charge in [-0.15, -0.1) is 5.10 Å². The molecule has 0 N–H and O–H groups in total. The van der Waals surface area contributed by atoms with Gasteiger partial charge in [-0.3, -0.25) is 4.79 Å². The number of pyridine rings is 1. The van der Waals surface area contributed by atoms with E-state index in [4.69, 9.17) is 4.74 Å². The fraction of sp³-hybridized carbons (Fsp3) is 0.364. The fourth-order valence-electron chi connectivity index (χ4n) is 3.86. The lowest BCUT2D eigenvalue weighted by Gasteiger charge is -2.43. The van der Waals surface area contributed by atoms with Gasteiger partial charge in [-0.2, -0.15) is 4.68 Å². The van der Waals surface area contributed by atoms with Crippen molar-refractivity contribution in [1.29, 1.82) is 0 Å². The first-order valence-electron chi connectivity index (χ1n) is 9.80. The van der Waals surface area contributed by atoms with Gasteiger partial charge in [0.2, 0.25) is 5.91 Å². The third kappa shape index (κ3) is 3.65. The van der Waals surface area contributed by atoms with Gasteiger partial charge < -0.3 is 9.64 Å². The number of aromatic nitrogens is 4. The standard InChI is InChI=1S/C22H25N5O2/c1-14(2)26-19(28)13-29-21(20(26)17-8-6-5-7-9-17)22-24-16(4)25-27(22)18-12-15(3)10-11-23-18/h5-12,14,20-21H,13H2,1-4H3/t20-,21+/m1/s1. The predicted molar refractivity (Wildman–Crippen MR) is 108 cm³/mol. The number of nitrogens with zero attached hydrogens (tertiary/aromatic N) is 5. The normalized spacial score (nSPS) is 19.8. The quantitative estimate of drug-likeness (QED) is 0.682. The average molecular weight is 391 g/mol. The fourth-order valence-corrected chi connectivity index (χ4v) is 3.86. The Morgan fingerprint density at radius 2 is 1.90 bits per heavy atom. The van der Waals surface area contributed by atoms with Crippen molar-refractivity contribution in [3.8, 4) is 5.82 Å². The summed E-state index contributed by atoms with van der Waals surface area (Å²) in [6, 6.07) is 13.6. The second kappa shape index (κ2) is 7.75. The number of benzene rings is 1. The summed E-state index contributed by atoms with van der Waals surface area (Å²) in [5.41, 5.74) is 2.08. The van der Waals surface area contributed by atoms with Crippen LogP contribution in [0.15, 0.2) is 48.7 Å². The molecule has 2 aromatic heterocycles. The van der Waals surface area contributed by atoms with E-state index in [1.165, 1.54) is 0 Å². The van der Waals surface area contributed by atoms with E-state index in [-0.39, 0.29) is 24.6 Å². The van der Waals surface area contributed by atoms with Crippen molar-refractivity contribution < 1.29 is 9.53 Å². The van der Waals surface area contributed by atoms with Crippen LogP contribution in [0, 0.1) is 13.8 Å². The molecule has 0 unspecified atom stereocenters.